The van der Waals surface area contributed by atoms with E-state index in [9.17, 15) is 0 Å². The van der Waals surface area contributed by atoms with E-state index in [-0.39, 0.29) is 6.04 Å². The number of rotatable bonds is 4. The van der Waals surface area contributed by atoms with Crippen LogP contribution in [0.15, 0.2) is 12.1 Å². The number of hydrogen-bond acceptors (Lipinski definition) is 3. The molecule has 1 aromatic heterocycles. The van der Waals surface area contributed by atoms with Crippen LogP contribution in [-0.2, 0) is 0 Å². The van der Waals surface area contributed by atoms with Gasteiger partial charge in [-0.05, 0) is 49.5 Å². The van der Waals surface area contributed by atoms with E-state index in [1.54, 1.807) is 0 Å². The zero-order valence-corrected chi connectivity index (χ0v) is 11.4. The van der Waals surface area contributed by atoms with E-state index in [0.29, 0.717) is 0 Å². The maximum Gasteiger partial charge on any atom is 0.124 e. The van der Waals surface area contributed by atoms with Crippen molar-refractivity contribution in [3.63, 3.8) is 0 Å². The van der Waals surface area contributed by atoms with Crippen molar-refractivity contribution >= 4 is 22.8 Å². The highest BCUT2D eigenvalue weighted by Crippen LogP contribution is 2.21. The summed E-state index contributed by atoms with van der Waals surface area (Å²) in [6, 6.07) is 4.29. The lowest BCUT2D eigenvalue weighted by Gasteiger charge is -2.06. The minimum atomic E-state index is 0.00885. The Morgan fingerprint density at radius 2 is 2.18 bits per heavy atom. The van der Waals surface area contributed by atoms with Crippen LogP contribution >= 0.6 is 11.8 Å². The topological polar surface area (TPSA) is 54.7 Å². The predicted octanol–water partition coefficient (Wildman–Crippen LogP) is 2.93. The molecule has 0 aliphatic rings. The summed E-state index contributed by atoms with van der Waals surface area (Å²) < 4.78 is 0. The fraction of sp³-hybridized carbons (Fsp3) is 0.462. The number of imidazole rings is 1. The Labute approximate surface area is 106 Å². The molecule has 0 aliphatic heterocycles. The first-order chi connectivity index (χ1) is 8.11. The summed E-state index contributed by atoms with van der Waals surface area (Å²) in [5.41, 5.74) is 10.7. The fourth-order valence-corrected chi connectivity index (χ4v) is 2.54. The van der Waals surface area contributed by atoms with Gasteiger partial charge in [-0.15, -0.1) is 0 Å². The van der Waals surface area contributed by atoms with Gasteiger partial charge in [0.1, 0.15) is 5.82 Å². The van der Waals surface area contributed by atoms with E-state index >= 15 is 0 Å². The number of aryl methyl sites for hydroxylation is 2. The predicted molar refractivity (Wildman–Crippen MR) is 75.5 cm³/mol. The van der Waals surface area contributed by atoms with Crippen molar-refractivity contribution < 1.29 is 0 Å². The molecule has 0 saturated heterocycles. The molecular weight excluding hydrogens is 230 g/mol. The molecular formula is C13H19N3S. The van der Waals surface area contributed by atoms with E-state index in [2.05, 4.69) is 42.2 Å². The molecule has 3 nitrogen and oxygen atoms in total. The van der Waals surface area contributed by atoms with Crippen LogP contribution in [-0.4, -0.2) is 22.0 Å². The molecule has 0 spiro atoms. The molecule has 1 atom stereocenters. The van der Waals surface area contributed by atoms with E-state index in [1.165, 1.54) is 11.1 Å². The molecule has 3 N–H and O–H groups in total. The summed E-state index contributed by atoms with van der Waals surface area (Å²) in [5, 5.41) is 0. The number of H-pyrrole nitrogens is 1. The van der Waals surface area contributed by atoms with Crippen molar-refractivity contribution in [2.45, 2.75) is 26.3 Å². The molecule has 92 valence electrons. The summed E-state index contributed by atoms with van der Waals surface area (Å²) >= 11 is 1.82. The highest BCUT2D eigenvalue weighted by molar-refractivity contribution is 7.98. The van der Waals surface area contributed by atoms with Crippen molar-refractivity contribution in [2.75, 3.05) is 12.0 Å². The molecule has 1 heterocycles. The standard InChI is InChI=1S/C13H19N3S/c1-8-6-9(2)12-11(7-8)15-13(16-12)10(14)4-5-17-3/h6-7,10H,4-5,14H2,1-3H3,(H,15,16). The van der Waals surface area contributed by atoms with Crippen molar-refractivity contribution in [2.24, 2.45) is 5.73 Å². The van der Waals surface area contributed by atoms with E-state index in [0.717, 1.165) is 29.0 Å². The highest BCUT2D eigenvalue weighted by Gasteiger charge is 2.12. The third-order valence-electron chi connectivity index (χ3n) is 2.92. The quantitative estimate of drug-likeness (QED) is 0.876. The van der Waals surface area contributed by atoms with Gasteiger partial charge in [0.2, 0.25) is 0 Å². The number of aromatic amines is 1. The summed E-state index contributed by atoms with van der Waals surface area (Å²) in [4.78, 5) is 7.96. The first kappa shape index (κ1) is 12.5. The zero-order valence-electron chi connectivity index (χ0n) is 10.6. The van der Waals surface area contributed by atoms with Crippen molar-refractivity contribution in [1.29, 1.82) is 0 Å². The lowest BCUT2D eigenvalue weighted by molar-refractivity contribution is 0.666. The third-order valence-corrected chi connectivity index (χ3v) is 3.57. The second-order valence-electron chi connectivity index (χ2n) is 4.49. The summed E-state index contributed by atoms with van der Waals surface area (Å²) in [6.45, 7) is 4.19. The minimum Gasteiger partial charge on any atom is -0.341 e. The van der Waals surface area contributed by atoms with Crippen LogP contribution in [0.5, 0.6) is 0 Å². The Hall–Kier alpha value is -1.00. The molecule has 1 aromatic carbocycles. The van der Waals surface area contributed by atoms with Gasteiger partial charge in [0.25, 0.3) is 0 Å². The lowest BCUT2D eigenvalue weighted by Crippen LogP contribution is -2.12. The van der Waals surface area contributed by atoms with Gasteiger partial charge in [-0.2, -0.15) is 11.8 Å². The van der Waals surface area contributed by atoms with Crippen LogP contribution in [0.3, 0.4) is 0 Å². The van der Waals surface area contributed by atoms with Gasteiger partial charge in [0.15, 0.2) is 0 Å². The van der Waals surface area contributed by atoms with Crippen LogP contribution in [0.1, 0.15) is 29.4 Å². The molecule has 4 heteroatoms. The van der Waals surface area contributed by atoms with Gasteiger partial charge in [-0.1, -0.05) is 6.07 Å². The SMILES string of the molecule is CSCCC(N)c1nc2c(C)cc(C)cc2[nH]1. The molecule has 0 radical (unpaired) electrons. The van der Waals surface area contributed by atoms with Gasteiger partial charge in [-0.25, -0.2) is 4.98 Å². The molecule has 2 aromatic rings. The number of benzene rings is 1. The molecule has 0 bridgehead atoms. The maximum absolute atomic E-state index is 6.13. The van der Waals surface area contributed by atoms with Crippen molar-refractivity contribution in [3.05, 3.63) is 29.1 Å². The summed E-state index contributed by atoms with van der Waals surface area (Å²) in [6.07, 6.45) is 3.05. The Bertz CT molecular complexity index is 519. The second-order valence-corrected chi connectivity index (χ2v) is 5.47. The average Bonchev–Trinajstić information content (AvgIpc) is 2.69. The third kappa shape index (κ3) is 2.64. The monoisotopic (exact) mass is 249 g/mol. The number of fused-ring (bicyclic) bond motifs is 1. The maximum atomic E-state index is 6.13. The lowest BCUT2D eigenvalue weighted by atomic mass is 10.1. The number of thioether (sulfide) groups is 1. The number of hydrogen-bond donors (Lipinski definition) is 2. The summed E-state index contributed by atoms with van der Waals surface area (Å²) in [5.74, 6) is 1.97. The number of nitrogens with one attached hydrogen (secondary N) is 1. The summed E-state index contributed by atoms with van der Waals surface area (Å²) in [7, 11) is 0. The molecule has 17 heavy (non-hydrogen) atoms. The van der Waals surface area contributed by atoms with Gasteiger partial charge < -0.3 is 10.7 Å². The normalized spacial score (nSPS) is 13.2. The Balaban J connectivity index is 2.34. The molecule has 0 saturated carbocycles. The molecule has 1 unspecified atom stereocenters. The van der Waals surface area contributed by atoms with E-state index < -0.39 is 0 Å². The van der Waals surface area contributed by atoms with Gasteiger partial charge in [0, 0.05) is 0 Å². The molecule has 0 aliphatic carbocycles. The van der Waals surface area contributed by atoms with Crippen LogP contribution in [0.25, 0.3) is 11.0 Å². The number of aromatic nitrogens is 2. The Morgan fingerprint density at radius 3 is 2.88 bits per heavy atom. The van der Waals surface area contributed by atoms with Gasteiger partial charge in [-0.3, -0.25) is 0 Å². The van der Waals surface area contributed by atoms with Crippen LogP contribution in [0.2, 0.25) is 0 Å². The number of nitrogens with two attached hydrogens (primary N) is 1. The van der Waals surface area contributed by atoms with Crippen LogP contribution < -0.4 is 5.73 Å². The average molecular weight is 249 g/mol. The fourth-order valence-electron chi connectivity index (χ4n) is 2.05. The van der Waals surface area contributed by atoms with Crippen molar-refractivity contribution in [1.82, 2.24) is 9.97 Å². The molecule has 2 rings (SSSR count). The minimum absolute atomic E-state index is 0.00885. The molecule has 0 amide bonds. The van der Waals surface area contributed by atoms with Crippen LogP contribution in [0, 0.1) is 13.8 Å². The zero-order chi connectivity index (χ0) is 12.4. The highest BCUT2D eigenvalue weighted by atomic mass is 32.2. The largest absolute Gasteiger partial charge is 0.341 e. The van der Waals surface area contributed by atoms with Gasteiger partial charge in [0.05, 0.1) is 17.1 Å². The Kier molecular flexibility index (Phi) is 3.74. The van der Waals surface area contributed by atoms with E-state index in [4.69, 9.17) is 5.73 Å². The Morgan fingerprint density at radius 1 is 1.41 bits per heavy atom. The smallest absolute Gasteiger partial charge is 0.124 e. The number of nitrogens with zero attached hydrogens (tertiary/aromatic N) is 1. The first-order valence-electron chi connectivity index (χ1n) is 5.83. The molecule has 0 fully saturated rings. The first-order valence-corrected chi connectivity index (χ1v) is 7.22. The van der Waals surface area contributed by atoms with Crippen LogP contribution in [0.4, 0.5) is 0 Å². The second kappa shape index (κ2) is 5.10. The van der Waals surface area contributed by atoms with Gasteiger partial charge >= 0.3 is 0 Å². The van der Waals surface area contributed by atoms with Crippen molar-refractivity contribution in [3.8, 4) is 0 Å². The van der Waals surface area contributed by atoms with E-state index in [1.807, 2.05) is 11.8 Å².